The molecule has 0 saturated carbocycles. The molecule has 124 valence electrons. The number of fused-ring (bicyclic) bond motifs is 3. The van der Waals surface area contributed by atoms with Gasteiger partial charge in [-0.3, -0.25) is 0 Å². The van der Waals surface area contributed by atoms with Gasteiger partial charge in [0.25, 0.3) is 0 Å². The second-order valence-corrected chi connectivity index (χ2v) is 7.66. The smallest absolute Gasteiger partial charge is 0.0655 e. The zero-order chi connectivity index (χ0) is 16.8. The van der Waals surface area contributed by atoms with E-state index in [0.29, 0.717) is 21.9 Å². The second kappa shape index (κ2) is 6.02. The molecular formula is C20H20Cl2N2. The van der Waals surface area contributed by atoms with Crippen molar-refractivity contribution >= 4 is 34.6 Å². The van der Waals surface area contributed by atoms with E-state index in [4.69, 9.17) is 23.2 Å². The Kier molecular flexibility index (Phi) is 3.98. The number of allylic oxidation sites excluding steroid dienone is 2. The van der Waals surface area contributed by atoms with Crippen molar-refractivity contribution in [1.29, 1.82) is 0 Å². The first kappa shape index (κ1) is 15.9. The molecule has 2 aromatic carbocycles. The first-order chi connectivity index (χ1) is 11.5. The van der Waals surface area contributed by atoms with E-state index in [0.717, 1.165) is 12.1 Å². The van der Waals surface area contributed by atoms with Crippen LogP contribution in [0.5, 0.6) is 0 Å². The lowest BCUT2D eigenvalue weighted by Crippen LogP contribution is -2.29. The number of benzene rings is 2. The third-order valence-corrected chi connectivity index (χ3v) is 5.67. The van der Waals surface area contributed by atoms with E-state index in [1.165, 1.54) is 16.8 Å². The van der Waals surface area contributed by atoms with Gasteiger partial charge in [0.2, 0.25) is 0 Å². The van der Waals surface area contributed by atoms with Crippen molar-refractivity contribution in [3.63, 3.8) is 0 Å². The van der Waals surface area contributed by atoms with Gasteiger partial charge < -0.3 is 10.2 Å². The number of rotatable bonds is 2. The van der Waals surface area contributed by atoms with Gasteiger partial charge in [0.15, 0.2) is 0 Å². The molecule has 4 rings (SSSR count). The first-order valence-corrected chi connectivity index (χ1v) is 8.99. The summed E-state index contributed by atoms with van der Waals surface area (Å²) >= 11 is 12.7. The highest BCUT2D eigenvalue weighted by Gasteiger charge is 2.38. The molecule has 2 aromatic rings. The molecule has 0 radical (unpaired) electrons. The molecule has 4 heteroatoms. The van der Waals surface area contributed by atoms with Crippen LogP contribution in [0.2, 0.25) is 10.0 Å². The van der Waals surface area contributed by atoms with Crippen molar-refractivity contribution in [2.45, 2.75) is 18.4 Å². The third kappa shape index (κ3) is 2.58. The maximum atomic E-state index is 6.48. The minimum atomic E-state index is 0.257. The normalized spacial score (nSPS) is 24.2. The number of hydrogen-bond acceptors (Lipinski definition) is 2. The van der Waals surface area contributed by atoms with E-state index in [1.807, 2.05) is 6.07 Å². The van der Waals surface area contributed by atoms with Gasteiger partial charge in [0, 0.05) is 30.7 Å². The van der Waals surface area contributed by atoms with Crippen LogP contribution >= 0.6 is 23.2 Å². The standard InChI is InChI=1S/C20H20Cl2N2/c1-24(2)14-8-6-12(7-9-14)19-16-5-3-4-15(16)17-10-13(21)11-18(22)20(17)23-19/h3-4,6-11,15-16,19,23H,5H2,1-2H3. The van der Waals surface area contributed by atoms with E-state index in [-0.39, 0.29) is 6.04 Å². The molecule has 0 saturated heterocycles. The Bertz CT molecular complexity index is 796. The molecule has 24 heavy (non-hydrogen) atoms. The molecule has 0 bridgehead atoms. The third-order valence-electron chi connectivity index (χ3n) is 5.15. The Morgan fingerprint density at radius 2 is 1.83 bits per heavy atom. The second-order valence-electron chi connectivity index (χ2n) is 6.81. The molecular weight excluding hydrogens is 339 g/mol. The van der Waals surface area contributed by atoms with Gasteiger partial charge in [-0.25, -0.2) is 0 Å². The molecule has 3 atom stereocenters. The Labute approximate surface area is 153 Å². The van der Waals surface area contributed by atoms with Crippen molar-refractivity contribution in [3.05, 3.63) is 69.7 Å². The quantitative estimate of drug-likeness (QED) is 0.673. The van der Waals surface area contributed by atoms with E-state index in [2.05, 4.69) is 66.8 Å². The molecule has 3 unspecified atom stereocenters. The maximum Gasteiger partial charge on any atom is 0.0655 e. The van der Waals surface area contributed by atoms with Gasteiger partial charge >= 0.3 is 0 Å². The predicted octanol–water partition coefficient (Wildman–Crippen LogP) is 5.89. The fourth-order valence-corrected chi connectivity index (χ4v) is 4.49. The average Bonchev–Trinajstić information content (AvgIpc) is 3.04. The fraction of sp³-hybridized carbons (Fsp3) is 0.300. The zero-order valence-electron chi connectivity index (χ0n) is 13.8. The lowest BCUT2D eigenvalue weighted by Gasteiger charge is -2.38. The first-order valence-electron chi connectivity index (χ1n) is 8.24. The van der Waals surface area contributed by atoms with Crippen LogP contribution in [0.25, 0.3) is 0 Å². The largest absolute Gasteiger partial charge is 0.378 e. The van der Waals surface area contributed by atoms with Crippen LogP contribution in [-0.4, -0.2) is 14.1 Å². The fourth-order valence-electron chi connectivity index (χ4n) is 3.93. The molecule has 0 spiro atoms. The van der Waals surface area contributed by atoms with Crippen LogP contribution < -0.4 is 10.2 Å². The predicted molar refractivity (Wildman–Crippen MR) is 104 cm³/mol. The summed E-state index contributed by atoms with van der Waals surface area (Å²) in [6.45, 7) is 0. The highest BCUT2D eigenvalue weighted by Crippen LogP contribution is 2.52. The molecule has 0 aromatic heterocycles. The summed E-state index contributed by atoms with van der Waals surface area (Å²) in [4.78, 5) is 2.12. The van der Waals surface area contributed by atoms with Crippen molar-refractivity contribution in [1.82, 2.24) is 0 Å². The topological polar surface area (TPSA) is 15.3 Å². The van der Waals surface area contributed by atoms with Gasteiger partial charge in [0.1, 0.15) is 0 Å². The van der Waals surface area contributed by atoms with E-state index < -0.39 is 0 Å². The lowest BCUT2D eigenvalue weighted by molar-refractivity contribution is 0.425. The van der Waals surface area contributed by atoms with Gasteiger partial charge in [-0.1, -0.05) is 47.5 Å². The SMILES string of the molecule is CN(C)c1ccc(C2Nc3c(Cl)cc(Cl)cc3C3C=CCC32)cc1. The summed E-state index contributed by atoms with van der Waals surface area (Å²) in [6, 6.07) is 12.9. The minimum Gasteiger partial charge on any atom is -0.378 e. The molecule has 1 heterocycles. The van der Waals surface area contributed by atoms with Gasteiger partial charge in [-0.2, -0.15) is 0 Å². The number of hydrogen-bond donors (Lipinski definition) is 1. The Balaban J connectivity index is 1.75. The number of halogens is 2. The van der Waals surface area contributed by atoms with E-state index >= 15 is 0 Å². The van der Waals surface area contributed by atoms with Crippen LogP contribution in [0.1, 0.15) is 29.5 Å². The highest BCUT2D eigenvalue weighted by molar-refractivity contribution is 6.36. The summed E-state index contributed by atoms with van der Waals surface area (Å²) in [5.41, 5.74) is 4.75. The van der Waals surface area contributed by atoms with Crippen molar-refractivity contribution < 1.29 is 0 Å². The summed E-state index contributed by atoms with van der Waals surface area (Å²) in [5.74, 6) is 0.869. The number of nitrogens with one attached hydrogen (secondary N) is 1. The van der Waals surface area contributed by atoms with Crippen LogP contribution in [0.3, 0.4) is 0 Å². The molecule has 2 nitrogen and oxygen atoms in total. The lowest BCUT2D eigenvalue weighted by atomic mass is 9.77. The van der Waals surface area contributed by atoms with Gasteiger partial charge in [-0.15, -0.1) is 0 Å². The molecule has 1 aliphatic carbocycles. The Morgan fingerprint density at radius 3 is 2.54 bits per heavy atom. The van der Waals surface area contributed by atoms with Crippen molar-refractivity contribution in [3.8, 4) is 0 Å². The van der Waals surface area contributed by atoms with E-state index in [9.17, 15) is 0 Å². The van der Waals surface area contributed by atoms with Crippen molar-refractivity contribution in [2.24, 2.45) is 5.92 Å². The van der Waals surface area contributed by atoms with Crippen LogP contribution in [-0.2, 0) is 0 Å². The number of nitrogens with zero attached hydrogens (tertiary/aromatic N) is 1. The van der Waals surface area contributed by atoms with Crippen LogP contribution in [0.15, 0.2) is 48.6 Å². The minimum absolute atomic E-state index is 0.257. The van der Waals surface area contributed by atoms with Gasteiger partial charge in [-0.05, 0) is 47.7 Å². The molecule has 1 N–H and O–H groups in total. The monoisotopic (exact) mass is 358 g/mol. The molecule has 2 aliphatic rings. The summed E-state index contributed by atoms with van der Waals surface area (Å²) in [7, 11) is 4.12. The Hall–Kier alpha value is -1.64. The van der Waals surface area contributed by atoms with Crippen molar-refractivity contribution in [2.75, 3.05) is 24.3 Å². The summed E-state index contributed by atoms with van der Waals surface area (Å²) in [5, 5.41) is 5.09. The Morgan fingerprint density at radius 1 is 1.08 bits per heavy atom. The average molecular weight is 359 g/mol. The molecule has 0 fully saturated rings. The van der Waals surface area contributed by atoms with E-state index in [1.54, 1.807) is 0 Å². The number of anilines is 2. The molecule has 0 amide bonds. The van der Waals surface area contributed by atoms with Gasteiger partial charge in [0.05, 0.1) is 16.8 Å². The van der Waals surface area contributed by atoms with Crippen LogP contribution in [0.4, 0.5) is 11.4 Å². The van der Waals surface area contributed by atoms with Crippen LogP contribution in [0, 0.1) is 5.92 Å². The molecule has 1 aliphatic heterocycles. The summed E-state index contributed by atoms with van der Waals surface area (Å²) < 4.78 is 0. The summed E-state index contributed by atoms with van der Waals surface area (Å²) in [6.07, 6.45) is 5.65. The maximum absolute atomic E-state index is 6.48. The highest BCUT2D eigenvalue weighted by atomic mass is 35.5. The zero-order valence-corrected chi connectivity index (χ0v) is 15.3.